The van der Waals surface area contributed by atoms with Crippen molar-refractivity contribution >= 4 is 0 Å². The Morgan fingerprint density at radius 3 is 2.54 bits per heavy atom. The monoisotopic (exact) mass is 328 g/mol. The van der Waals surface area contributed by atoms with Crippen LogP contribution < -0.4 is 23.8 Å². The first-order chi connectivity index (χ1) is 11.7. The maximum atomic E-state index is 5.56. The maximum Gasteiger partial charge on any atom is 0.231 e. The Bertz CT molecular complexity index is 774. The summed E-state index contributed by atoms with van der Waals surface area (Å²) < 4.78 is 22.0. The minimum Gasteiger partial charge on any atom is -0.493 e. The Balaban J connectivity index is 1.82. The number of hydrogen-bond acceptors (Lipinski definition) is 4. The summed E-state index contributed by atoms with van der Waals surface area (Å²) in [5.41, 5.74) is 3.83. The van der Waals surface area contributed by atoms with E-state index in [1.165, 1.54) is 21.6 Å². The molecule has 0 spiro atoms. The van der Waals surface area contributed by atoms with Crippen LogP contribution in [0.4, 0.5) is 0 Å². The highest BCUT2D eigenvalue weighted by molar-refractivity contribution is 5.52. The zero-order valence-electron chi connectivity index (χ0n) is 14.2. The molecule has 0 fully saturated rings. The number of nitrogens with one attached hydrogen (secondary N) is 1. The van der Waals surface area contributed by atoms with Gasteiger partial charge in [0.15, 0.2) is 23.0 Å². The summed E-state index contributed by atoms with van der Waals surface area (Å²) in [5.74, 6) is 3.21. The van der Waals surface area contributed by atoms with Crippen molar-refractivity contribution in [1.29, 1.82) is 0 Å². The molecule has 24 heavy (non-hydrogen) atoms. The molecule has 2 unspecified atom stereocenters. The fraction of sp³-hybridized carbons (Fsp3) is 0.368. The summed E-state index contributed by atoms with van der Waals surface area (Å²) in [6, 6.07) is 10.7. The lowest BCUT2D eigenvalue weighted by Crippen LogP contribution is -3.10. The van der Waals surface area contributed by atoms with Crippen molar-refractivity contribution in [3.8, 4) is 23.0 Å². The number of benzene rings is 2. The van der Waals surface area contributed by atoms with Crippen molar-refractivity contribution in [2.24, 2.45) is 0 Å². The molecule has 0 aliphatic carbocycles. The van der Waals surface area contributed by atoms with Gasteiger partial charge in [0.1, 0.15) is 6.04 Å². The lowest BCUT2D eigenvalue weighted by molar-refractivity contribution is -0.908. The van der Waals surface area contributed by atoms with Gasteiger partial charge in [-0.1, -0.05) is 0 Å². The van der Waals surface area contributed by atoms with E-state index in [2.05, 4.69) is 31.3 Å². The highest BCUT2D eigenvalue weighted by Gasteiger charge is 2.32. The molecule has 2 aromatic carbocycles. The van der Waals surface area contributed by atoms with Crippen molar-refractivity contribution in [3.63, 3.8) is 0 Å². The van der Waals surface area contributed by atoms with Crippen molar-refractivity contribution in [2.75, 3.05) is 34.6 Å². The third kappa shape index (κ3) is 2.36. The minimum absolute atomic E-state index is 0.239. The SMILES string of the molecule is COc1cc2c(cc1OC)C(c1ccc3c(c1)OCO3)[NH+](C)CC2. The first-order valence-corrected chi connectivity index (χ1v) is 8.18. The molecule has 2 aromatic rings. The van der Waals surface area contributed by atoms with E-state index in [4.69, 9.17) is 18.9 Å². The quantitative estimate of drug-likeness (QED) is 0.929. The zero-order valence-corrected chi connectivity index (χ0v) is 14.2. The highest BCUT2D eigenvalue weighted by Crippen LogP contribution is 2.39. The minimum atomic E-state index is 0.239. The van der Waals surface area contributed by atoms with Gasteiger partial charge >= 0.3 is 0 Å². The Morgan fingerprint density at radius 2 is 1.75 bits per heavy atom. The molecular weight excluding hydrogens is 306 g/mol. The van der Waals surface area contributed by atoms with Crippen LogP contribution in [0, 0.1) is 0 Å². The van der Waals surface area contributed by atoms with E-state index in [9.17, 15) is 0 Å². The number of methoxy groups -OCH3 is 2. The van der Waals surface area contributed by atoms with Gasteiger partial charge in [0.25, 0.3) is 0 Å². The van der Waals surface area contributed by atoms with Crippen LogP contribution in [0.2, 0.25) is 0 Å². The van der Waals surface area contributed by atoms with E-state index in [1.807, 2.05) is 6.07 Å². The first kappa shape index (κ1) is 15.1. The van der Waals surface area contributed by atoms with Gasteiger partial charge in [0.05, 0.1) is 27.8 Å². The molecule has 4 rings (SSSR count). The van der Waals surface area contributed by atoms with Crippen LogP contribution >= 0.6 is 0 Å². The normalized spacial score (nSPS) is 21.3. The molecule has 0 bridgehead atoms. The summed E-state index contributed by atoms with van der Waals surface area (Å²) in [4.78, 5) is 1.45. The van der Waals surface area contributed by atoms with Crippen LogP contribution in [-0.2, 0) is 6.42 Å². The second kappa shape index (κ2) is 5.91. The molecule has 2 aliphatic heterocycles. The van der Waals surface area contributed by atoms with Crippen LogP contribution in [0.1, 0.15) is 22.7 Å². The number of rotatable bonds is 3. The number of likely N-dealkylation sites (N-methyl/N-ethyl adjacent to an activating group) is 1. The van der Waals surface area contributed by atoms with Crippen LogP contribution in [0.15, 0.2) is 30.3 Å². The third-order valence-electron chi connectivity index (χ3n) is 4.97. The summed E-state index contributed by atoms with van der Waals surface area (Å²) in [5, 5.41) is 0. The largest absolute Gasteiger partial charge is 0.493 e. The third-order valence-corrected chi connectivity index (χ3v) is 4.97. The van der Waals surface area contributed by atoms with E-state index >= 15 is 0 Å². The van der Waals surface area contributed by atoms with Gasteiger partial charge in [-0.2, -0.15) is 0 Å². The molecular formula is C19H22NO4+. The van der Waals surface area contributed by atoms with Crippen molar-refractivity contribution < 1.29 is 23.8 Å². The standard InChI is InChI=1S/C19H21NO4/c1-20-7-6-12-8-16(21-2)17(22-3)10-14(12)19(20)13-4-5-15-18(9-13)24-11-23-15/h4-5,8-10,19H,6-7,11H2,1-3H3/p+1. The maximum absolute atomic E-state index is 5.56. The van der Waals surface area contributed by atoms with Gasteiger partial charge in [-0.3, -0.25) is 0 Å². The van der Waals surface area contributed by atoms with Gasteiger partial charge < -0.3 is 23.8 Å². The Kier molecular flexibility index (Phi) is 3.73. The second-order valence-electron chi connectivity index (χ2n) is 6.30. The molecule has 0 radical (unpaired) electrons. The predicted molar refractivity (Wildman–Crippen MR) is 89.4 cm³/mol. The van der Waals surface area contributed by atoms with E-state index in [0.29, 0.717) is 6.79 Å². The Hall–Kier alpha value is -2.40. The molecule has 126 valence electrons. The summed E-state index contributed by atoms with van der Waals surface area (Å²) in [7, 11) is 5.59. The van der Waals surface area contributed by atoms with Gasteiger partial charge in [0.2, 0.25) is 6.79 Å². The average Bonchev–Trinajstić information content (AvgIpc) is 3.08. The lowest BCUT2D eigenvalue weighted by atomic mass is 9.88. The molecule has 0 aromatic heterocycles. The van der Waals surface area contributed by atoms with Gasteiger partial charge in [-0.15, -0.1) is 0 Å². The molecule has 2 atom stereocenters. The van der Waals surface area contributed by atoms with E-state index in [0.717, 1.165) is 36.0 Å². The van der Waals surface area contributed by atoms with E-state index < -0.39 is 0 Å². The zero-order chi connectivity index (χ0) is 16.7. The Labute approximate surface area is 141 Å². The molecule has 5 heteroatoms. The predicted octanol–water partition coefficient (Wildman–Crippen LogP) is 1.59. The lowest BCUT2D eigenvalue weighted by Gasteiger charge is -2.32. The smallest absolute Gasteiger partial charge is 0.231 e. The van der Waals surface area contributed by atoms with Crippen molar-refractivity contribution in [2.45, 2.75) is 12.5 Å². The molecule has 0 saturated heterocycles. The molecule has 5 nitrogen and oxygen atoms in total. The highest BCUT2D eigenvalue weighted by atomic mass is 16.7. The number of quaternary nitrogens is 1. The van der Waals surface area contributed by atoms with Crippen LogP contribution in [0.25, 0.3) is 0 Å². The average molecular weight is 328 g/mol. The fourth-order valence-corrected chi connectivity index (χ4v) is 3.72. The Morgan fingerprint density at radius 1 is 1.00 bits per heavy atom. The summed E-state index contributed by atoms with van der Waals surface area (Å²) >= 11 is 0. The van der Waals surface area contributed by atoms with Crippen LogP contribution in [-0.4, -0.2) is 34.6 Å². The first-order valence-electron chi connectivity index (χ1n) is 8.18. The van der Waals surface area contributed by atoms with E-state index in [-0.39, 0.29) is 6.04 Å². The molecule has 0 amide bonds. The molecule has 0 saturated carbocycles. The van der Waals surface area contributed by atoms with Crippen LogP contribution in [0.3, 0.4) is 0 Å². The van der Waals surface area contributed by atoms with Crippen molar-refractivity contribution in [1.82, 2.24) is 0 Å². The van der Waals surface area contributed by atoms with Crippen LogP contribution in [0.5, 0.6) is 23.0 Å². The summed E-state index contributed by atoms with van der Waals surface area (Å²) in [6.45, 7) is 1.37. The molecule has 2 heterocycles. The van der Waals surface area contributed by atoms with Crippen molar-refractivity contribution in [3.05, 3.63) is 47.0 Å². The second-order valence-corrected chi connectivity index (χ2v) is 6.30. The summed E-state index contributed by atoms with van der Waals surface area (Å²) in [6.07, 6.45) is 1.03. The van der Waals surface area contributed by atoms with Gasteiger partial charge in [0, 0.05) is 17.5 Å². The number of hydrogen-bond donors (Lipinski definition) is 1. The number of ether oxygens (including phenoxy) is 4. The topological polar surface area (TPSA) is 41.4 Å². The van der Waals surface area contributed by atoms with Gasteiger partial charge in [-0.25, -0.2) is 0 Å². The number of fused-ring (bicyclic) bond motifs is 2. The fourth-order valence-electron chi connectivity index (χ4n) is 3.72. The molecule has 2 aliphatic rings. The molecule has 1 N–H and O–H groups in total. The van der Waals surface area contributed by atoms with Gasteiger partial charge in [-0.05, 0) is 35.9 Å². The van der Waals surface area contributed by atoms with E-state index in [1.54, 1.807) is 14.2 Å².